The number of nitrogens with one attached hydrogen (secondary N) is 1. The van der Waals surface area contributed by atoms with Crippen LogP contribution in [0.25, 0.3) is 0 Å². The summed E-state index contributed by atoms with van der Waals surface area (Å²) < 4.78 is 10.7. The highest BCUT2D eigenvalue weighted by molar-refractivity contribution is 5.81. The average Bonchev–Trinajstić information content (AvgIpc) is 3.37. The predicted octanol–water partition coefficient (Wildman–Crippen LogP) is 1.77. The van der Waals surface area contributed by atoms with Crippen molar-refractivity contribution in [3.8, 4) is 11.5 Å². The molecular formula is C20H29N3O3. The first kappa shape index (κ1) is 17.5. The molecule has 1 aromatic carbocycles. The molecule has 0 spiro atoms. The van der Waals surface area contributed by atoms with Crippen molar-refractivity contribution < 1.29 is 14.3 Å². The van der Waals surface area contributed by atoms with Gasteiger partial charge in [-0.15, -0.1) is 0 Å². The van der Waals surface area contributed by atoms with Crippen LogP contribution in [0.15, 0.2) is 18.2 Å². The molecule has 26 heavy (non-hydrogen) atoms. The van der Waals surface area contributed by atoms with Gasteiger partial charge >= 0.3 is 0 Å². The van der Waals surface area contributed by atoms with E-state index in [0.29, 0.717) is 11.8 Å². The fourth-order valence-corrected chi connectivity index (χ4v) is 5.11. The third kappa shape index (κ3) is 3.11. The van der Waals surface area contributed by atoms with Gasteiger partial charge in [-0.1, -0.05) is 0 Å². The van der Waals surface area contributed by atoms with Gasteiger partial charge in [0.2, 0.25) is 5.91 Å². The zero-order valence-corrected chi connectivity index (χ0v) is 15.6. The number of amides is 1. The van der Waals surface area contributed by atoms with Gasteiger partial charge < -0.3 is 25.4 Å². The van der Waals surface area contributed by atoms with Crippen LogP contribution in [-0.2, 0) is 4.79 Å². The Hall–Kier alpha value is -1.95. The molecule has 2 saturated carbocycles. The van der Waals surface area contributed by atoms with Crippen molar-refractivity contribution in [2.45, 2.75) is 37.8 Å². The Morgan fingerprint density at radius 1 is 1.12 bits per heavy atom. The lowest BCUT2D eigenvalue weighted by molar-refractivity contribution is -0.127. The first-order valence-corrected chi connectivity index (χ1v) is 9.63. The summed E-state index contributed by atoms with van der Waals surface area (Å²) in [7, 11) is 3.31. The summed E-state index contributed by atoms with van der Waals surface area (Å²) in [5, 5.41) is 3.27. The van der Waals surface area contributed by atoms with E-state index in [1.165, 1.54) is 6.42 Å². The Kier molecular flexibility index (Phi) is 4.69. The summed E-state index contributed by atoms with van der Waals surface area (Å²) in [4.78, 5) is 15.1. The van der Waals surface area contributed by atoms with Gasteiger partial charge in [0.15, 0.2) is 0 Å². The molecule has 1 aliphatic heterocycles. The second kappa shape index (κ2) is 6.99. The molecule has 3 N–H and O–H groups in total. The number of nitrogens with zero attached hydrogens (tertiary/aromatic N) is 1. The normalized spacial score (nSPS) is 32.7. The van der Waals surface area contributed by atoms with E-state index in [1.807, 2.05) is 18.2 Å². The molecule has 1 heterocycles. The third-order valence-corrected chi connectivity index (χ3v) is 6.52. The molecule has 142 valence electrons. The van der Waals surface area contributed by atoms with E-state index in [4.69, 9.17) is 15.2 Å². The van der Waals surface area contributed by atoms with Crippen LogP contribution in [0, 0.1) is 17.8 Å². The molecule has 6 heteroatoms. The van der Waals surface area contributed by atoms with Gasteiger partial charge in [-0.25, -0.2) is 0 Å². The maximum Gasteiger partial charge on any atom is 0.225 e. The number of hydrogen-bond donors (Lipinski definition) is 2. The zero-order valence-electron chi connectivity index (χ0n) is 15.6. The highest BCUT2D eigenvalue weighted by Gasteiger charge is 2.49. The van der Waals surface area contributed by atoms with Crippen LogP contribution in [0.2, 0.25) is 0 Å². The smallest absolute Gasteiger partial charge is 0.225 e. The molecule has 3 fully saturated rings. The van der Waals surface area contributed by atoms with Gasteiger partial charge in [-0.2, -0.15) is 0 Å². The third-order valence-electron chi connectivity index (χ3n) is 6.52. The maximum atomic E-state index is 12.8. The number of rotatable bonds is 5. The minimum Gasteiger partial charge on any atom is -0.497 e. The first-order chi connectivity index (χ1) is 12.6. The molecule has 2 bridgehead atoms. The lowest BCUT2D eigenvalue weighted by Crippen LogP contribution is -2.48. The first-order valence-electron chi connectivity index (χ1n) is 9.63. The number of anilines is 1. The lowest BCUT2D eigenvalue weighted by Gasteiger charge is -2.28. The van der Waals surface area contributed by atoms with Crippen LogP contribution in [0.4, 0.5) is 5.69 Å². The van der Waals surface area contributed by atoms with Gasteiger partial charge in [0.05, 0.1) is 20.1 Å². The van der Waals surface area contributed by atoms with E-state index in [0.717, 1.165) is 49.5 Å². The lowest BCUT2D eigenvalue weighted by atomic mass is 9.84. The Balaban J connectivity index is 1.39. The number of nitrogens with two attached hydrogens (primary N) is 1. The maximum absolute atomic E-state index is 12.8. The molecule has 2 aliphatic carbocycles. The molecule has 4 rings (SSSR count). The predicted molar refractivity (Wildman–Crippen MR) is 101 cm³/mol. The molecule has 5 unspecified atom stereocenters. The number of carbonyl (C=O) groups excluding carboxylic acids is 1. The van der Waals surface area contributed by atoms with E-state index in [2.05, 4.69) is 10.2 Å². The highest BCUT2D eigenvalue weighted by Crippen LogP contribution is 2.47. The Morgan fingerprint density at radius 2 is 1.81 bits per heavy atom. The number of methoxy groups -OCH3 is 2. The van der Waals surface area contributed by atoms with Crippen LogP contribution in [-0.4, -0.2) is 45.3 Å². The molecule has 6 nitrogen and oxygen atoms in total. The Morgan fingerprint density at radius 3 is 2.42 bits per heavy atom. The molecule has 0 aromatic heterocycles. The zero-order chi connectivity index (χ0) is 18.3. The number of benzene rings is 1. The SMILES string of the molecule is COc1cc(OC)cc(N2CCC(NC(=O)C3C4CCC(C4)C3N)C2)c1. The summed E-state index contributed by atoms with van der Waals surface area (Å²) >= 11 is 0. The van der Waals surface area contributed by atoms with Crippen molar-refractivity contribution in [1.29, 1.82) is 0 Å². The number of fused-ring (bicyclic) bond motifs is 2. The quantitative estimate of drug-likeness (QED) is 0.838. The summed E-state index contributed by atoms with van der Waals surface area (Å²) in [5.41, 5.74) is 7.39. The van der Waals surface area contributed by atoms with Crippen molar-refractivity contribution in [2.75, 3.05) is 32.2 Å². The van der Waals surface area contributed by atoms with Gasteiger partial charge in [-0.3, -0.25) is 4.79 Å². The molecule has 5 atom stereocenters. The van der Waals surface area contributed by atoms with Gasteiger partial charge in [0.1, 0.15) is 11.5 Å². The average molecular weight is 359 g/mol. The Bertz CT molecular complexity index is 656. The van der Waals surface area contributed by atoms with E-state index in [1.54, 1.807) is 14.2 Å². The Labute approximate surface area is 155 Å². The van der Waals surface area contributed by atoms with Crippen LogP contribution in [0.1, 0.15) is 25.7 Å². The van der Waals surface area contributed by atoms with E-state index >= 15 is 0 Å². The monoisotopic (exact) mass is 359 g/mol. The molecule has 1 saturated heterocycles. The number of ether oxygens (including phenoxy) is 2. The minimum atomic E-state index is 0.0136. The second-order valence-corrected chi connectivity index (χ2v) is 7.95. The molecule has 1 aromatic rings. The van der Waals surface area contributed by atoms with Crippen molar-refractivity contribution in [3.63, 3.8) is 0 Å². The van der Waals surface area contributed by atoms with Crippen LogP contribution < -0.4 is 25.4 Å². The molecular weight excluding hydrogens is 330 g/mol. The molecule has 0 radical (unpaired) electrons. The summed E-state index contributed by atoms with van der Waals surface area (Å²) in [6.07, 6.45) is 4.45. The number of hydrogen-bond acceptors (Lipinski definition) is 5. The summed E-state index contributed by atoms with van der Waals surface area (Å²) in [6, 6.07) is 6.12. The van der Waals surface area contributed by atoms with Crippen molar-refractivity contribution in [1.82, 2.24) is 5.32 Å². The summed E-state index contributed by atoms with van der Waals surface area (Å²) in [5.74, 6) is 2.79. The van der Waals surface area contributed by atoms with Crippen LogP contribution in [0.5, 0.6) is 11.5 Å². The van der Waals surface area contributed by atoms with Gasteiger partial charge in [-0.05, 0) is 37.5 Å². The highest BCUT2D eigenvalue weighted by atomic mass is 16.5. The molecule has 3 aliphatic rings. The molecule has 1 amide bonds. The van der Waals surface area contributed by atoms with E-state index in [9.17, 15) is 4.79 Å². The van der Waals surface area contributed by atoms with E-state index in [-0.39, 0.29) is 23.9 Å². The van der Waals surface area contributed by atoms with Crippen LogP contribution >= 0.6 is 0 Å². The topological polar surface area (TPSA) is 76.8 Å². The minimum absolute atomic E-state index is 0.0136. The van der Waals surface area contributed by atoms with Crippen molar-refractivity contribution in [2.24, 2.45) is 23.5 Å². The fourth-order valence-electron chi connectivity index (χ4n) is 5.11. The largest absolute Gasteiger partial charge is 0.497 e. The van der Waals surface area contributed by atoms with Crippen molar-refractivity contribution in [3.05, 3.63) is 18.2 Å². The van der Waals surface area contributed by atoms with Gasteiger partial charge in [0.25, 0.3) is 0 Å². The summed E-state index contributed by atoms with van der Waals surface area (Å²) in [6.45, 7) is 1.71. The van der Waals surface area contributed by atoms with Crippen LogP contribution in [0.3, 0.4) is 0 Å². The second-order valence-electron chi connectivity index (χ2n) is 7.95. The van der Waals surface area contributed by atoms with E-state index < -0.39 is 0 Å². The van der Waals surface area contributed by atoms with Crippen molar-refractivity contribution >= 4 is 11.6 Å². The number of carbonyl (C=O) groups is 1. The van der Waals surface area contributed by atoms with Gasteiger partial charge in [0, 0.05) is 49.1 Å². The standard InChI is InChI=1S/C20H29N3O3/c1-25-16-8-15(9-17(10-16)26-2)23-6-5-14(11-23)22-20(24)18-12-3-4-13(7-12)19(18)21/h8-10,12-14,18-19H,3-7,11,21H2,1-2H3,(H,22,24). The fraction of sp³-hybridized carbons (Fsp3) is 0.650.